The summed E-state index contributed by atoms with van der Waals surface area (Å²) in [5.74, 6) is -0.343. The van der Waals surface area contributed by atoms with E-state index in [4.69, 9.17) is 15.7 Å². The Labute approximate surface area is 108 Å². The monoisotopic (exact) mass is 296 g/mol. The predicted molar refractivity (Wildman–Crippen MR) is 67.1 cm³/mol. The Morgan fingerprint density at radius 1 is 1.59 bits per heavy atom. The molecular formula is C12H13BrN2O2. The number of nitriles is 1. The van der Waals surface area contributed by atoms with Gasteiger partial charge in [-0.15, -0.1) is 0 Å². The largest absolute Gasteiger partial charge is 0.466 e. The van der Waals surface area contributed by atoms with E-state index in [2.05, 4.69) is 22.0 Å². The summed E-state index contributed by atoms with van der Waals surface area (Å²) in [6.45, 7) is 2.44. The smallest absolute Gasteiger partial charge is 0.310 e. The van der Waals surface area contributed by atoms with Crippen molar-refractivity contribution < 1.29 is 9.53 Å². The zero-order chi connectivity index (χ0) is 12.8. The highest BCUT2D eigenvalue weighted by Gasteiger charge is 2.12. The van der Waals surface area contributed by atoms with Gasteiger partial charge >= 0.3 is 5.97 Å². The van der Waals surface area contributed by atoms with Crippen molar-refractivity contribution >= 4 is 21.9 Å². The van der Waals surface area contributed by atoms with Gasteiger partial charge in [-0.05, 0) is 40.0 Å². The Kier molecular flexibility index (Phi) is 5.13. The molecule has 17 heavy (non-hydrogen) atoms. The number of nitrogens with zero attached hydrogens (tertiary/aromatic N) is 1. The van der Waals surface area contributed by atoms with Crippen molar-refractivity contribution in [2.75, 3.05) is 6.61 Å². The molecular weight excluding hydrogens is 284 g/mol. The maximum Gasteiger partial charge on any atom is 0.310 e. The van der Waals surface area contributed by atoms with Crippen LogP contribution >= 0.6 is 15.9 Å². The quantitative estimate of drug-likeness (QED) is 0.861. The highest BCUT2D eigenvalue weighted by molar-refractivity contribution is 9.10. The first kappa shape index (κ1) is 13.7. The number of nitrogens with two attached hydrogens (primary N) is 1. The molecule has 0 heterocycles. The third kappa shape index (κ3) is 3.55. The average molecular weight is 297 g/mol. The van der Waals surface area contributed by atoms with Gasteiger partial charge in [0, 0.05) is 11.0 Å². The van der Waals surface area contributed by atoms with Gasteiger partial charge in [0.25, 0.3) is 0 Å². The molecule has 0 radical (unpaired) electrons. The second-order valence-corrected chi connectivity index (χ2v) is 4.26. The van der Waals surface area contributed by atoms with Crippen molar-refractivity contribution in [3.63, 3.8) is 0 Å². The number of benzene rings is 1. The van der Waals surface area contributed by atoms with Crippen LogP contribution in [0.3, 0.4) is 0 Å². The van der Waals surface area contributed by atoms with E-state index in [0.717, 1.165) is 5.56 Å². The molecule has 90 valence electrons. The van der Waals surface area contributed by atoms with Crippen LogP contribution in [0.15, 0.2) is 16.6 Å². The van der Waals surface area contributed by atoms with Gasteiger partial charge in [-0.25, -0.2) is 0 Å². The third-order valence-electron chi connectivity index (χ3n) is 2.22. The first-order valence-electron chi connectivity index (χ1n) is 5.19. The van der Waals surface area contributed by atoms with Crippen LogP contribution in [0.1, 0.15) is 23.6 Å². The Morgan fingerprint density at radius 3 is 2.82 bits per heavy atom. The van der Waals surface area contributed by atoms with Gasteiger partial charge in [-0.1, -0.05) is 6.07 Å². The van der Waals surface area contributed by atoms with E-state index >= 15 is 0 Å². The van der Waals surface area contributed by atoms with Crippen molar-refractivity contribution in [1.29, 1.82) is 5.26 Å². The third-order valence-corrected chi connectivity index (χ3v) is 2.84. The van der Waals surface area contributed by atoms with Gasteiger partial charge < -0.3 is 10.5 Å². The molecule has 0 fully saturated rings. The fourth-order valence-corrected chi connectivity index (χ4v) is 2.11. The molecule has 1 rings (SSSR count). The molecule has 0 saturated heterocycles. The van der Waals surface area contributed by atoms with Crippen LogP contribution in [0.25, 0.3) is 0 Å². The van der Waals surface area contributed by atoms with Crippen molar-refractivity contribution in [3.8, 4) is 6.07 Å². The van der Waals surface area contributed by atoms with E-state index in [-0.39, 0.29) is 12.4 Å². The van der Waals surface area contributed by atoms with Crippen LogP contribution < -0.4 is 5.73 Å². The van der Waals surface area contributed by atoms with Crippen LogP contribution in [0.5, 0.6) is 0 Å². The Morgan fingerprint density at radius 2 is 2.29 bits per heavy atom. The van der Waals surface area contributed by atoms with Crippen molar-refractivity contribution in [3.05, 3.63) is 33.3 Å². The molecule has 0 atom stereocenters. The predicted octanol–water partition coefficient (Wildman–Crippen LogP) is 1.89. The molecule has 0 aliphatic rings. The van der Waals surface area contributed by atoms with E-state index in [0.29, 0.717) is 28.8 Å². The van der Waals surface area contributed by atoms with E-state index in [1.54, 1.807) is 19.1 Å². The minimum absolute atomic E-state index is 0.0865. The summed E-state index contributed by atoms with van der Waals surface area (Å²) in [5.41, 5.74) is 7.51. The van der Waals surface area contributed by atoms with E-state index in [9.17, 15) is 4.79 Å². The molecule has 0 aliphatic heterocycles. The summed E-state index contributed by atoms with van der Waals surface area (Å²) in [5, 5.41) is 9.04. The molecule has 1 aromatic carbocycles. The maximum atomic E-state index is 11.4. The molecule has 1 aromatic rings. The molecule has 0 amide bonds. The summed E-state index contributed by atoms with van der Waals surface area (Å²) in [7, 11) is 0. The zero-order valence-electron chi connectivity index (χ0n) is 9.50. The molecule has 5 heteroatoms. The second kappa shape index (κ2) is 6.38. The molecule has 4 nitrogen and oxygen atoms in total. The van der Waals surface area contributed by atoms with Crippen LogP contribution in [-0.2, 0) is 22.5 Å². The lowest BCUT2D eigenvalue weighted by Crippen LogP contribution is -2.10. The Bertz CT molecular complexity index is 466. The van der Waals surface area contributed by atoms with Crippen molar-refractivity contribution in [2.45, 2.75) is 19.9 Å². The van der Waals surface area contributed by atoms with E-state index < -0.39 is 0 Å². The van der Waals surface area contributed by atoms with Crippen LogP contribution in [-0.4, -0.2) is 12.6 Å². The first-order valence-corrected chi connectivity index (χ1v) is 5.98. The zero-order valence-corrected chi connectivity index (χ0v) is 11.1. The summed E-state index contributed by atoms with van der Waals surface area (Å²) in [6, 6.07) is 5.62. The number of halogens is 1. The Hall–Kier alpha value is -1.38. The number of esters is 1. The number of hydrogen-bond donors (Lipinski definition) is 1. The van der Waals surface area contributed by atoms with E-state index in [1.807, 2.05) is 0 Å². The molecule has 0 saturated carbocycles. The lowest BCUT2D eigenvalue weighted by atomic mass is 10.0. The van der Waals surface area contributed by atoms with Crippen molar-refractivity contribution in [2.24, 2.45) is 5.73 Å². The minimum atomic E-state index is -0.343. The topological polar surface area (TPSA) is 76.1 Å². The fraction of sp³-hybridized carbons (Fsp3) is 0.333. The fourth-order valence-electron chi connectivity index (χ4n) is 1.48. The van der Waals surface area contributed by atoms with E-state index in [1.165, 1.54) is 0 Å². The number of carbonyl (C=O) groups excluding carboxylic acids is 1. The summed E-state index contributed by atoms with van der Waals surface area (Å²) in [4.78, 5) is 11.4. The SMILES string of the molecule is CCOC(=O)Cc1cc(CN)cc(Br)c1C#N. The molecule has 0 aliphatic carbocycles. The second-order valence-electron chi connectivity index (χ2n) is 3.41. The molecule has 0 unspecified atom stereocenters. The molecule has 0 bridgehead atoms. The van der Waals surface area contributed by atoms with Gasteiger partial charge in [-0.2, -0.15) is 5.26 Å². The molecule has 0 aromatic heterocycles. The summed E-state index contributed by atoms with van der Waals surface area (Å²) in [6.07, 6.45) is 0.0865. The van der Waals surface area contributed by atoms with Crippen LogP contribution in [0.4, 0.5) is 0 Å². The number of carbonyl (C=O) groups is 1. The van der Waals surface area contributed by atoms with Gasteiger partial charge in [-0.3, -0.25) is 4.79 Å². The maximum absolute atomic E-state index is 11.4. The number of ether oxygens (including phenoxy) is 1. The van der Waals surface area contributed by atoms with Crippen LogP contribution in [0.2, 0.25) is 0 Å². The average Bonchev–Trinajstić information content (AvgIpc) is 2.28. The lowest BCUT2D eigenvalue weighted by molar-refractivity contribution is -0.142. The highest BCUT2D eigenvalue weighted by atomic mass is 79.9. The summed E-state index contributed by atoms with van der Waals surface area (Å²) < 4.78 is 5.52. The van der Waals surface area contributed by atoms with Gasteiger partial charge in [0.05, 0.1) is 18.6 Å². The first-order chi connectivity index (χ1) is 8.12. The number of rotatable bonds is 4. The minimum Gasteiger partial charge on any atom is -0.466 e. The molecule has 2 N–H and O–H groups in total. The van der Waals surface area contributed by atoms with Gasteiger partial charge in [0.15, 0.2) is 0 Å². The molecule has 0 spiro atoms. The standard InChI is InChI=1S/C12H13BrN2O2/c1-2-17-12(16)5-9-3-8(6-14)4-11(13)10(9)7-15/h3-4H,2,5-6,14H2,1H3. The Balaban J connectivity index is 3.08. The highest BCUT2D eigenvalue weighted by Crippen LogP contribution is 2.23. The summed E-state index contributed by atoms with van der Waals surface area (Å²) >= 11 is 3.30. The van der Waals surface area contributed by atoms with Crippen molar-refractivity contribution in [1.82, 2.24) is 0 Å². The normalized spacial score (nSPS) is 9.76. The van der Waals surface area contributed by atoms with Gasteiger partial charge in [0.1, 0.15) is 6.07 Å². The van der Waals surface area contributed by atoms with Gasteiger partial charge in [0.2, 0.25) is 0 Å². The number of hydrogen-bond acceptors (Lipinski definition) is 4. The lowest BCUT2D eigenvalue weighted by Gasteiger charge is -2.08. The van der Waals surface area contributed by atoms with Crippen LogP contribution in [0, 0.1) is 11.3 Å².